The summed E-state index contributed by atoms with van der Waals surface area (Å²) in [7, 11) is 8.67. The Balaban J connectivity index is 0.000000175. The first-order valence-electron chi connectivity index (χ1n) is 28.2. The molecule has 2 amide bonds. The van der Waals surface area contributed by atoms with Crippen molar-refractivity contribution in [3.05, 3.63) is 169 Å². The van der Waals surface area contributed by atoms with E-state index in [4.69, 9.17) is 33.5 Å². The zero-order chi connectivity index (χ0) is 63.0. The number of carboxylic acid groups (broad SMARTS) is 1. The molecule has 19 nitrogen and oxygen atoms in total. The van der Waals surface area contributed by atoms with Gasteiger partial charge in [0.1, 0.15) is 34.5 Å². The minimum atomic E-state index is -0.956. The SMILES string of the molecule is COc1ccc(OC)c2c1C(=O)C=C(SCCC(=O)N1CCC(c3ccccc3)CC1)C2=O.COc1ccc(OC)c2c1C(=O)C=C(SCCC(=O)N1CCN(c3ccccc3)CC1)C2=O.COc1ccc(OC)c2c1C(=O)C=C(SCCC(=O)O)C2=O. The zero-order valence-electron chi connectivity index (χ0n) is 49.6. The Morgan fingerprint density at radius 3 is 1.08 bits per heavy atom. The lowest BCUT2D eigenvalue weighted by Gasteiger charge is -2.36. The maximum atomic E-state index is 13.1. The summed E-state index contributed by atoms with van der Waals surface area (Å²) in [6.07, 6.45) is 6.34. The molecule has 5 aromatic rings. The maximum absolute atomic E-state index is 13.1. The number of nitrogens with zero attached hydrogens (tertiary/aromatic N) is 3. The van der Waals surface area contributed by atoms with Gasteiger partial charge in [-0.3, -0.25) is 43.2 Å². The fourth-order valence-electron chi connectivity index (χ4n) is 10.7. The van der Waals surface area contributed by atoms with Crippen LogP contribution in [0.4, 0.5) is 5.69 Å². The molecule has 0 saturated carbocycles. The number of para-hydroxylation sites is 1. The van der Waals surface area contributed by atoms with Gasteiger partial charge in [-0.2, -0.15) is 0 Å². The molecule has 88 heavy (non-hydrogen) atoms. The molecule has 0 aromatic heterocycles. The average Bonchev–Trinajstić information content (AvgIpc) is 1.37. The summed E-state index contributed by atoms with van der Waals surface area (Å²) in [6, 6.07) is 30.2. The van der Waals surface area contributed by atoms with E-state index in [1.807, 2.05) is 34.1 Å². The average molecular weight is 1250 g/mol. The van der Waals surface area contributed by atoms with Crippen LogP contribution in [0, 0.1) is 0 Å². The van der Waals surface area contributed by atoms with Gasteiger partial charge in [0, 0.05) is 93.3 Å². The Kier molecular flexibility index (Phi) is 22.9. The molecule has 10 rings (SSSR count). The third-order valence-corrected chi connectivity index (χ3v) is 18.2. The Morgan fingerprint density at radius 2 is 0.739 bits per heavy atom. The molecular formula is C66H67N3O16S3. The monoisotopic (exact) mass is 1250 g/mol. The number of piperidine rings is 1. The van der Waals surface area contributed by atoms with E-state index in [9.17, 15) is 43.2 Å². The molecule has 0 unspecified atom stereocenters. The number of ketones is 6. The Labute approximate surface area is 522 Å². The lowest BCUT2D eigenvalue weighted by atomic mass is 9.89. The molecule has 0 atom stereocenters. The highest BCUT2D eigenvalue weighted by Crippen LogP contribution is 2.42. The van der Waals surface area contributed by atoms with E-state index in [0.717, 1.165) is 50.8 Å². The van der Waals surface area contributed by atoms with Gasteiger partial charge in [0.25, 0.3) is 0 Å². The fourth-order valence-corrected chi connectivity index (χ4v) is 13.4. The zero-order valence-corrected chi connectivity index (χ0v) is 52.0. The second-order valence-electron chi connectivity index (χ2n) is 20.2. The molecule has 0 radical (unpaired) electrons. The predicted molar refractivity (Wildman–Crippen MR) is 338 cm³/mol. The van der Waals surface area contributed by atoms with Crippen LogP contribution >= 0.6 is 35.3 Å². The number of benzene rings is 5. The molecule has 22 heteroatoms. The van der Waals surface area contributed by atoms with Crippen molar-refractivity contribution in [2.75, 3.05) is 104 Å². The van der Waals surface area contributed by atoms with Crippen LogP contribution < -0.4 is 33.3 Å². The number of piperazine rings is 1. The Bertz CT molecular complexity index is 3410. The topological polar surface area (TPSA) is 239 Å². The number of carbonyl (C=O) groups excluding carboxylic acids is 8. The minimum absolute atomic E-state index is 0.0602. The summed E-state index contributed by atoms with van der Waals surface area (Å²) in [5.74, 6) is 0.837. The van der Waals surface area contributed by atoms with Crippen molar-refractivity contribution in [2.45, 2.75) is 38.0 Å². The summed E-state index contributed by atoms with van der Waals surface area (Å²) in [5.41, 5.74) is 3.72. The number of fused-ring (bicyclic) bond motifs is 3. The maximum Gasteiger partial charge on any atom is 0.304 e. The predicted octanol–water partition coefficient (Wildman–Crippen LogP) is 10.1. The number of hydrogen-bond acceptors (Lipinski definition) is 19. The normalized spacial score (nSPS) is 15.4. The number of amides is 2. The molecule has 2 saturated heterocycles. The van der Waals surface area contributed by atoms with Crippen molar-refractivity contribution in [1.82, 2.24) is 9.80 Å². The van der Waals surface area contributed by atoms with E-state index in [1.54, 1.807) is 36.4 Å². The van der Waals surface area contributed by atoms with E-state index in [1.165, 1.54) is 95.7 Å². The van der Waals surface area contributed by atoms with Crippen LogP contribution in [0.1, 0.15) is 106 Å². The van der Waals surface area contributed by atoms with Crippen LogP contribution in [0.5, 0.6) is 34.5 Å². The molecule has 460 valence electrons. The van der Waals surface area contributed by atoms with Crippen LogP contribution in [-0.4, -0.2) is 167 Å². The fraction of sp³-hybridized carbons (Fsp3) is 0.318. The number of hydrogen-bond donors (Lipinski definition) is 1. The van der Waals surface area contributed by atoms with Gasteiger partial charge in [0.2, 0.25) is 29.2 Å². The molecular weight excluding hydrogens is 1190 g/mol. The highest BCUT2D eigenvalue weighted by molar-refractivity contribution is 8.04. The molecule has 5 aliphatic rings. The van der Waals surface area contributed by atoms with Crippen LogP contribution in [0.3, 0.4) is 0 Å². The third kappa shape index (κ3) is 15.2. The number of anilines is 1. The van der Waals surface area contributed by atoms with Gasteiger partial charge in [-0.1, -0.05) is 48.5 Å². The summed E-state index contributed by atoms with van der Waals surface area (Å²) in [6.45, 7) is 4.41. The van der Waals surface area contributed by atoms with E-state index in [-0.39, 0.29) is 97.0 Å². The second kappa shape index (κ2) is 30.8. The van der Waals surface area contributed by atoms with Crippen molar-refractivity contribution in [1.29, 1.82) is 0 Å². The largest absolute Gasteiger partial charge is 0.496 e. The lowest BCUT2D eigenvalue weighted by Crippen LogP contribution is -2.48. The van der Waals surface area contributed by atoms with Gasteiger partial charge in [0.05, 0.1) is 97.2 Å². The van der Waals surface area contributed by atoms with Crippen LogP contribution in [0.2, 0.25) is 0 Å². The summed E-state index contributed by atoms with van der Waals surface area (Å²) >= 11 is 3.52. The molecule has 2 fully saturated rings. The Hall–Kier alpha value is -8.60. The molecule has 2 aliphatic heterocycles. The van der Waals surface area contributed by atoms with Gasteiger partial charge in [0.15, 0.2) is 17.3 Å². The van der Waals surface area contributed by atoms with Crippen LogP contribution in [-0.2, 0) is 14.4 Å². The number of ether oxygens (including phenoxy) is 6. The highest BCUT2D eigenvalue weighted by Gasteiger charge is 2.36. The number of methoxy groups -OCH3 is 6. The van der Waals surface area contributed by atoms with Gasteiger partial charge in [-0.05, 0) is 72.9 Å². The number of carboxylic acids is 1. The lowest BCUT2D eigenvalue weighted by molar-refractivity contribution is -0.136. The van der Waals surface area contributed by atoms with E-state index >= 15 is 0 Å². The summed E-state index contributed by atoms with van der Waals surface area (Å²) in [4.78, 5) is 119. The number of Topliss-reactive ketones (excluding diaryl/α,β-unsaturated/α-hetero) is 3. The summed E-state index contributed by atoms with van der Waals surface area (Å²) in [5, 5.41) is 8.65. The minimum Gasteiger partial charge on any atom is -0.496 e. The van der Waals surface area contributed by atoms with E-state index in [0.29, 0.717) is 87.7 Å². The number of likely N-dealkylation sites (tertiary alicyclic amines) is 1. The number of allylic oxidation sites excluding steroid dienone is 6. The van der Waals surface area contributed by atoms with E-state index < -0.39 is 5.97 Å². The van der Waals surface area contributed by atoms with E-state index in [2.05, 4.69) is 41.3 Å². The first-order chi connectivity index (χ1) is 42.5. The number of thioether (sulfide) groups is 3. The number of aliphatic carboxylic acids is 1. The molecule has 2 heterocycles. The van der Waals surface area contributed by atoms with Crippen molar-refractivity contribution < 1.29 is 76.7 Å². The van der Waals surface area contributed by atoms with Crippen molar-refractivity contribution in [3.8, 4) is 34.5 Å². The molecule has 5 aromatic carbocycles. The summed E-state index contributed by atoms with van der Waals surface area (Å²) < 4.78 is 31.5. The number of carbonyl (C=O) groups is 9. The molecule has 1 N–H and O–H groups in total. The van der Waals surface area contributed by atoms with Crippen molar-refractivity contribution >= 4 is 93.5 Å². The molecule has 0 bridgehead atoms. The van der Waals surface area contributed by atoms with Crippen LogP contribution in [0.15, 0.2) is 130 Å². The van der Waals surface area contributed by atoms with Crippen LogP contribution in [0.25, 0.3) is 0 Å². The van der Waals surface area contributed by atoms with Crippen molar-refractivity contribution in [3.63, 3.8) is 0 Å². The van der Waals surface area contributed by atoms with Gasteiger partial charge >= 0.3 is 5.97 Å². The van der Waals surface area contributed by atoms with Crippen molar-refractivity contribution in [2.24, 2.45) is 0 Å². The first-order valence-corrected chi connectivity index (χ1v) is 31.2. The third-order valence-electron chi connectivity index (χ3n) is 15.2. The second-order valence-corrected chi connectivity index (χ2v) is 23.6. The molecule has 0 spiro atoms. The smallest absolute Gasteiger partial charge is 0.304 e. The Morgan fingerprint density at radius 1 is 0.420 bits per heavy atom. The van der Waals surface area contributed by atoms with Gasteiger partial charge in [-0.25, -0.2) is 0 Å². The first kappa shape index (κ1) is 65.4. The molecule has 3 aliphatic carbocycles. The van der Waals surface area contributed by atoms with Gasteiger partial charge in [-0.15, -0.1) is 35.3 Å². The number of rotatable bonds is 20. The highest BCUT2D eigenvalue weighted by atomic mass is 32.2. The van der Waals surface area contributed by atoms with Gasteiger partial charge < -0.3 is 48.2 Å². The standard InChI is InChI=1S/C26H27NO5S.C25H26N2O5S.C15H14O6S/c1-31-20-8-9-21(32-2)25-24(20)19(28)16-22(26(25)30)33-15-12-23(29)27-13-10-18(11-14-27)17-6-4-3-5-7-17;1-31-19-8-9-20(32-2)24-23(19)18(28)16-21(25(24)30)33-15-10-22(29)27-13-11-26(12-14-27)17-6-4-3-5-7-17;1-20-9-3-4-10(21-2)14-13(9)8(16)7-11(15(14)19)22-6-5-12(17)18/h3-9,16,18H,10-15H2,1-2H3;3-9,16H,10-15H2,1-2H3;3-4,7H,5-6H2,1-2H3,(H,17,18). The quantitative estimate of drug-likeness (QED) is 0.0762.